The Hall–Kier alpha value is -1.07. The fraction of sp³-hybridized carbons (Fsp3) is 0.854. The fourth-order valence-electron chi connectivity index (χ4n) is 9.80. The predicted octanol–water partition coefficient (Wildman–Crippen LogP) is 11.2. The molecule has 8 atom stereocenters. The summed E-state index contributed by atoms with van der Waals surface area (Å²) < 4.78 is 86.8. The first-order chi connectivity index (χ1) is 24.7. The van der Waals surface area contributed by atoms with Crippen LogP contribution in [0.3, 0.4) is 0 Å². The molecule has 2 fully saturated rings. The Balaban J connectivity index is 0.971. The van der Waals surface area contributed by atoms with Crippen LogP contribution in [-0.2, 0) is 28.0 Å². The van der Waals surface area contributed by atoms with Crippen LogP contribution in [-0.4, -0.2) is 59.8 Å². The molecule has 0 amide bonds. The topological polar surface area (TPSA) is 74.6 Å². The van der Waals surface area contributed by atoms with E-state index in [2.05, 4.69) is 13.0 Å². The van der Waals surface area contributed by atoms with Crippen LogP contribution in [0.5, 0.6) is 5.75 Å². The molecule has 0 saturated heterocycles. The molecule has 3 aliphatic rings. The molecular weight excluding hydrogens is 716 g/mol. The second kappa shape index (κ2) is 20.7. The van der Waals surface area contributed by atoms with Crippen LogP contribution in [0.1, 0.15) is 159 Å². The highest BCUT2D eigenvalue weighted by atomic mass is 32.2. The summed E-state index contributed by atoms with van der Waals surface area (Å²) in [7, 11) is -2.13. The minimum atomic E-state index is -5.55. The molecule has 4 nitrogen and oxygen atoms in total. The number of hydrogen-bond acceptors (Lipinski definition) is 4. The maximum absolute atomic E-state index is 12.9. The van der Waals surface area contributed by atoms with E-state index in [-0.39, 0.29) is 17.3 Å². The molecular formula is C41H65F5O4S2. The molecule has 2 saturated carbocycles. The lowest BCUT2D eigenvalue weighted by molar-refractivity contribution is -0.284. The summed E-state index contributed by atoms with van der Waals surface area (Å²) in [5.41, 5.74) is 2.85. The smallest absolute Gasteiger partial charge is 0.453 e. The van der Waals surface area contributed by atoms with E-state index in [1.165, 1.54) is 49.7 Å². The molecule has 11 heteroatoms. The van der Waals surface area contributed by atoms with Gasteiger partial charge in [0.1, 0.15) is 5.75 Å². The van der Waals surface area contributed by atoms with Crippen molar-refractivity contribution < 1.29 is 40.6 Å². The van der Waals surface area contributed by atoms with Crippen LogP contribution < -0.4 is 0 Å². The summed E-state index contributed by atoms with van der Waals surface area (Å²) in [6, 6.07) is 6.03. The van der Waals surface area contributed by atoms with Crippen molar-refractivity contribution in [2.75, 3.05) is 23.0 Å². The number of phenolic OH excluding ortho intramolecular Hbond substituents is 1. The lowest BCUT2D eigenvalue weighted by Crippen LogP contribution is -2.47. The number of benzene rings is 1. The highest BCUT2D eigenvalue weighted by Gasteiger charge is 2.57. The van der Waals surface area contributed by atoms with Crippen molar-refractivity contribution in [2.45, 2.75) is 172 Å². The van der Waals surface area contributed by atoms with Crippen molar-refractivity contribution in [3.05, 3.63) is 29.3 Å². The van der Waals surface area contributed by atoms with Gasteiger partial charge in [0, 0.05) is 51.0 Å². The molecule has 0 aromatic heterocycles. The summed E-state index contributed by atoms with van der Waals surface area (Å²) >= 11 is 0. The Bertz CT molecular complexity index is 1280. The summed E-state index contributed by atoms with van der Waals surface area (Å²) in [4.78, 5) is 0. The van der Waals surface area contributed by atoms with E-state index in [0.29, 0.717) is 41.6 Å². The molecule has 0 bridgehead atoms. The molecule has 52 heavy (non-hydrogen) atoms. The summed E-state index contributed by atoms with van der Waals surface area (Å²) in [6.45, 7) is 2.34. The summed E-state index contributed by atoms with van der Waals surface area (Å²) in [5.74, 6) is -0.187. The molecule has 2 N–H and O–H groups in total. The van der Waals surface area contributed by atoms with E-state index in [9.17, 15) is 40.6 Å². The van der Waals surface area contributed by atoms with Gasteiger partial charge in [-0.25, -0.2) is 0 Å². The molecule has 0 radical (unpaired) electrons. The number of alkyl halides is 5. The zero-order chi connectivity index (χ0) is 37.8. The van der Waals surface area contributed by atoms with Crippen molar-refractivity contribution in [1.82, 2.24) is 0 Å². The van der Waals surface area contributed by atoms with E-state index < -0.39 is 46.5 Å². The van der Waals surface area contributed by atoms with Crippen molar-refractivity contribution >= 4 is 21.6 Å². The van der Waals surface area contributed by atoms with Gasteiger partial charge in [0.15, 0.2) is 0 Å². The van der Waals surface area contributed by atoms with Gasteiger partial charge >= 0.3 is 12.1 Å². The van der Waals surface area contributed by atoms with Crippen LogP contribution in [0.15, 0.2) is 18.2 Å². The standard InChI is InChI=1S/C41H65F5O4S2/c1-39-24-22-35-34-19-18-33(47)30-32(34)29-31(38(35)36(39)20-21-37(39)48)17-12-8-4-2-5-9-13-25-51(49)26-14-10-6-3-7-11-15-27-52(50)28-16-23-40(42,43)41(44,45)46/h18-19,30-31,35-38,47-48H,2-17,20-29H2,1H3/t31-,35-,36+,37+,38-,39+,51?,52?/m1/s1. The summed E-state index contributed by atoms with van der Waals surface area (Å²) in [6.07, 6.45) is 14.0. The van der Waals surface area contributed by atoms with Crippen molar-refractivity contribution in [3.63, 3.8) is 0 Å². The quantitative estimate of drug-likeness (QED) is 0.0809. The lowest BCUT2D eigenvalue weighted by Gasteiger charge is -2.53. The minimum absolute atomic E-state index is 0.0551. The number of unbranched alkanes of at least 4 members (excludes halogenated alkanes) is 12. The van der Waals surface area contributed by atoms with Gasteiger partial charge in [-0.05, 0) is 117 Å². The lowest BCUT2D eigenvalue weighted by atomic mass is 9.52. The Kier molecular flexibility index (Phi) is 17.4. The number of aromatic hydroxyl groups is 1. The molecule has 300 valence electrons. The van der Waals surface area contributed by atoms with Crippen LogP contribution >= 0.6 is 0 Å². The highest BCUT2D eigenvalue weighted by Crippen LogP contribution is 2.62. The molecule has 0 spiro atoms. The number of phenols is 1. The highest BCUT2D eigenvalue weighted by molar-refractivity contribution is 7.85. The third kappa shape index (κ3) is 12.5. The number of fused-ring (bicyclic) bond motifs is 5. The number of rotatable bonds is 24. The Morgan fingerprint density at radius 2 is 1.25 bits per heavy atom. The molecule has 1 aromatic rings. The normalized spacial score (nSPS) is 27.2. The van der Waals surface area contributed by atoms with Crippen molar-refractivity contribution in [1.29, 1.82) is 0 Å². The van der Waals surface area contributed by atoms with Gasteiger partial charge in [0.25, 0.3) is 0 Å². The first-order valence-corrected chi connectivity index (χ1v) is 23.3. The van der Waals surface area contributed by atoms with E-state index in [1.54, 1.807) is 0 Å². The molecule has 3 aliphatic carbocycles. The average molecular weight is 781 g/mol. The van der Waals surface area contributed by atoms with Gasteiger partial charge in [-0.3, -0.25) is 8.42 Å². The largest absolute Gasteiger partial charge is 0.508 e. The SMILES string of the molecule is C[C@]12CC[C@@H]3c4ccc(O)cc4C[C@@H](CCCCCCCCCS(=O)CCCCCCCCCS(=O)CCCC(F)(F)C(F)(F)F)[C@H]3[C@@H]1CC[C@@H]2O. The van der Waals surface area contributed by atoms with Gasteiger partial charge in [0.05, 0.1) is 6.10 Å². The van der Waals surface area contributed by atoms with Crippen LogP contribution in [0.25, 0.3) is 0 Å². The first kappa shape index (κ1) is 43.7. The Morgan fingerprint density at radius 3 is 1.81 bits per heavy atom. The van der Waals surface area contributed by atoms with E-state index in [4.69, 9.17) is 0 Å². The van der Waals surface area contributed by atoms with Gasteiger partial charge in [-0.15, -0.1) is 0 Å². The fourth-order valence-corrected chi connectivity index (χ4v) is 12.2. The first-order valence-electron chi connectivity index (χ1n) is 20.4. The van der Waals surface area contributed by atoms with Crippen LogP contribution in [0.4, 0.5) is 22.0 Å². The zero-order valence-electron chi connectivity index (χ0n) is 31.4. The number of hydrogen-bond donors (Lipinski definition) is 2. The number of aliphatic hydroxyl groups excluding tert-OH is 1. The van der Waals surface area contributed by atoms with Gasteiger partial charge < -0.3 is 10.2 Å². The van der Waals surface area contributed by atoms with E-state index >= 15 is 0 Å². The van der Waals surface area contributed by atoms with E-state index in [0.717, 1.165) is 95.0 Å². The van der Waals surface area contributed by atoms with Crippen LogP contribution in [0, 0.1) is 23.2 Å². The average Bonchev–Trinajstić information content (AvgIpc) is 3.39. The van der Waals surface area contributed by atoms with Gasteiger partial charge in [0.2, 0.25) is 0 Å². The number of halogens is 5. The van der Waals surface area contributed by atoms with Gasteiger partial charge in [-0.2, -0.15) is 22.0 Å². The third-order valence-electron chi connectivity index (χ3n) is 12.8. The predicted molar refractivity (Wildman–Crippen MR) is 203 cm³/mol. The Morgan fingerprint density at radius 1 is 0.731 bits per heavy atom. The van der Waals surface area contributed by atoms with E-state index in [1.807, 2.05) is 12.1 Å². The van der Waals surface area contributed by atoms with Gasteiger partial charge in [-0.1, -0.05) is 83.6 Å². The Labute approximate surface area is 314 Å². The molecule has 2 unspecified atom stereocenters. The third-order valence-corrected chi connectivity index (χ3v) is 15.8. The zero-order valence-corrected chi connectivity index (χ0v) is 33.1. The molecule has 4 rings (SSSR count). The second-order valence-electron chi connectivity index (χ2n) is 16.5. The van der Waals surface area contributed by atoms with Crippen molar-refractivity contribution in [2.24, 2.45) is 23.2 Å². The maximum atomic E-state index is 12.9. The number of aliphatic hydroxyl groups is 1. The molecule has 1 aromatic carbocycles. The monoisotopic (exact) mass is 780 g/mol. The molecule has 0 aliphatic heterocycles. The van der Waals surface area contributed by atoms with Crippen molar-refractivity contribution in [3.8, 4) is 5.75 Å². The second-order valence-corrected chi connectivity index (χ2v) is 19.9. The molecule has 0 heterocycles. The minimum Gasteiger partial charge on any atom is -0.508 e. The summed E-state index contributed by atoms with van der Waals surface area (Å²) in [5, 5.41) is 21.1. The van der Waals surface area contributed by atoms with Crippen LogP contribution in [0.2, 0.25) is 0 Å². The maximum Gasteiger partial charge on any atom is 0.453 e.